The lowest BCUT2D eigenvalue weighted by atomic mass is 10.0. The summed E-state index contributed by atoms with van der Waals surface area (Å²) in [6.45, 7) is 5.58. The van der Waals surface area contributed by atoms with Crippen LogP contribution in [0.2, 0.25) is 0 Å². The summed E-state index contributed by atoms with van der Waals surface area (Å²) in [6.07, 6.45) is 3.83. The molecule has 0 saturated carbocycles. The molecule has 5 heteroatoms. The zero-order valence-electron chi connectivity index (χ0n) is 15.5. The molecule has 1 saturated heterocycles. The Bertz CT molecular complexity index is 814. The zero-order chi connectivity index (χ0) is 18.1. The van der Waals surface area contributed by atoms with Crippen molar-refractivity contribution in [2.24, 2.45) is 0 Å². The highest BCUT2D eigenvalue weighted by Gasteiger charge is 2.27. The van der Waals surface area contributed by atoms with Crippen molar-refractivity contribution in [1.82, 2.24) is 14.9 Å². The smallest absolute Gasteiger partial charge is 0.227 e. The fourth-order valence-corrected chi connectivity index (χ4v) is 3.99. The number of hydrogen-bond acceptors (Lipinski definition) is 4. The molecule has 2 aliphatic rings. The number of amides is 1. The molecule has 2 aromatic rings. The number of morpholine rings is 1. The van der Waals surface area contributed by atoms with Crippen LogP contribution in [0.3, 0.4) is 0 Å². The van der Waals surface area contributed by atoms with Gasteiger partial charge in [0.2, 0.25) is 5.91 Å². The van der Waals surface area contributed by atoms with E-state index in [0.717, 1.165) is 29.2 Å². The van der Waals surface area contributed by atoms with Gasteiger partial charge in [-0.3, -0.25) is 4.79 Å². The highest BCUT2D eigenvalue weighted by Crippen LogP contribution is 2.24. The summed E-state index contributed by atoms with van der Waals surface area (Å²) in [6, 6.07) is 8.47. The second-order valence-electron chi connectivity index (χ2n) is 7.31. The zero-order valence-corrected chi connectivity index (χ0v) is 15.5. The fourth-order valence-electron chi connectivity index (χ4n) is 3.99. The minimum absolute atomic E-state index is 0.166. The third kappa shape index (κ3) is 3.63. The van der Waals surface area contributed by atoms with Gasteiger partial charge in [0.1, 0.15) is 11.9 Å². The Kier molecular flexibility index (Phi) is 4.72. The highest BCUT2D eigenvalue weighted by atomic mass is 16.5. The quantitative estimate of drug-likeness (QED) is 0.853. The van der Waals surface area contributed by atoms with E-state index in [-0.39, 0.29) is 12.0 Å². The number of ether oxygens (including phenoxy) is 1. The van der Waals surface area contributed by atoms with Crippen molar-refractivity contribution in [2.45, 2.75) is 45.6 Å². The number of hydrogen-bond donors (Lipinski definition) is 0. The molecule has 0 N–H and O–H groups in total. The van der Waals surface area contributed by atoms with Crippen LogP contribution in [0, 0.1) is 13.8 Å². The Balaban J connectivity index is 1.44. The van der Waals surface area contributed by atoms with Crippen molar-refractivity contribution >= 4 is 5.91 Å². The molecule has 136 valence electrons. The first kappa shape index (κ1) is 17.2. The molecule has 1 atom stereocenters. The highest BCUT2D eigenvalue weighted by molar-refractivity contribution is 5.79. The topological polar surface area (TPSA) is 55.3 Å². The molecule has 1 aromatic carbocycles. The molecular weight excluding hydrogens is 326 g/mol. The molecule has 1 aromatic heterocycles. The maximum Gasteiger partial charge on any atom is 0.227 e. The summed E-state index contributed by atoms with van der Waals surface area (Å²) in [5.41, 5.74) is 5.78. The predicted octanol–water partition coefficient (Wildman–Crippen LogP) is 2.72. The van der Waals surface area contributed by atoms with E-state index in [2.05, 4.69) is 28.2 Å². The minimum atomic E-state index is -0.173. The summed E-state index contributed by atoms with van der Waals surface area (Å²) < 4.78 is 5.88. The maximum atomic E-state index is 12.8. The number of carbonyl (C=O) groups excluding carboxylic acids is 1. The van der Waals surface area contributed by atoms with Gasteiger partial charge >= 0.3 is 0 Å². The maximum absolute atomic E-state index is 12.8. The van der Waals surface area contributed by atoms with Crippen LogP contribution in [0.5, 0.6) is 0 Å². The number of benzene rings is 1. The van der Waals surface area contributed by atoms with E-state index in [1.807, 2.05) is 24.8 Å². The van der Waals surface area contributed by atoms with Crippen molar-refractivity contribution in [3.05, 3.63) is 58.2 Å². The van der Waals surface area contributed by atoms with Crippen LogP contribution in [-0.2, 0) is 28.8 Å². The van der Waals surface area contributed by atoms with Gasteiger partial charge in [0.25, 0.3) is 0 Å². The lowest BCUT2D eigenvalue weighted by Gasteiger charge is -2.33. The molecular formula is C21H25N3O2. The molecule has 4 rings (SSSR count). The van der Waals surface area contributed by atoms with Gasteiger partial charge in [-0.15, -0.1) is 0 Å². The molecule has 26 heavy (non-hydrogen) atoms. The number of aromatic nitrogens is 2. The third-order valence-corrected chi connectivity index (χ3v) is 5.25. The molecule has 2 heterocycles. The molecule has 1 fully saturated rings. The summed E-state index contributed by atoms with van der Waals surface area (Å²) in [4.78, 5) is 23.5. The van der Waals surface area contributed by atoms with Gasteiger partial charge in [-0.1, -0.05) is 18.2 Å². The second-order valence-corrected chi connectivity index (χ2v) is 7.31. The molecule has 1 amide bonds. The van der Waals surface area contributed by atoms with E-state index in [0.29, 0.717) is 26.1 Å². The molecule has 0 radical (unpaired) electrons. The Labute approximate surface area is 154 Å². The normalized spacial score (nSPS) is 19.5. The summed E-state index contributed by atoms with van der Waals surface area (Å²) in [5, 5.41) is 0. The average Bonchev–Trinajstić information content (AvgIpc) is 3.09. The molecule has 0 bridgehead atoms. The predicted molar refractivity (Wildman–Crippen MR) is 99.0 cm³/mol. The Morgan fingerprint density at radius 2 is 2.04 bits per heavy atom. The van der Waals surface area contributed by atoms with E-state index in [1.165, 1.54) is 24.0 Å². The van der Waals surface area contributed by atoms with Gasteiger partial charge in [0, 0.05) is 12.2 Å². The van der Waals surface area contributed by atoms with E-state index in [9.17, 15) is 4.79 Å². The van der Waals surface area contributed by atoms with Crippen LogP contribution in [-0.4, -0.2) is 40.5 Å². The van der Waals surface area contributed by atoms with Crippen LogP contribution in [0.4, 0.5) is 0 Å². The van der Waals surface area contributed by atoms with Crippen molar-refractivity contribution in [2.75, 3.05) is 19.7 Å². The van der Waals surface area contributed by atoms with Crippen molar-refractivity contribution in [3.63, 3.8) is 0 Å². The van der Waals surface area contributed by atoms with Crippen molar-refractivity contribution in [1.29, 1.82) is 0 Å². The Morgan fingerprint density at radius 3 is 2.88 bits per heavy atom. The minimum Gasteiger partial charge on any atom is -0.368 e. The summed E-state index contributed by atoms with van der Waals surface area (Å²) in [5.74, 6) is 0.906. The molecule has 0 unspecified atom stereocenters. The summed E-state index contributed by atoms with van der Waals surface area (Å²) >= 11 is 0. The van der Waals surface area contributed by atoms with Crippen LogP contribution >= 0.6 is 0 Å². The third-order valence-electron chi connectivity index (χ3n) is 5.25. The molecule has 5 nitrogen and oxygen atoms in total. The van der Waals surface area contributed by atoms with Gasteiger partial charge in [-0.2, -0.15) is 0 Å². The van der Waals surface area contributed by atoms with E-state index in [4.69, 9.17) is 4.74 Å². The standard InChI is InChI=1S/C21H25N3O2/c1-14-10-19(23-15(2)22-14)20-13-24(8-9-26-20)21(25)12-16-6-7-17-4-3-5-18(17)11-16/h6-7,10-11,20H,3-5,8-9,12-13H2,1-2H3/t20-/m1/s1. The number of fused-ring (bicyclic) bond motifs is 1. The van der Waals surface area contributed by atoms with Crippen LogP contribution in [0.1, 0.15) is 46.4 Å². The number of aryl methyl sites for hydroxylation is 4. The Hall–Kier alpha value is -2.27. The number of rotatable bonds is 3. The summed E-state index contributed by atoms with van der Waals surface area (Å²) in [7, 11) is 0. The molecule has 0 spiro atoms. The van der Waals surface area contributed by atoms with E-state index in [1.54, 1.807) is 0 Å². The van der Waals surface area contributed by atoms with E-state index < -0.39 is 0 Å². The van der Waals surface area contributed by atoms with Crippen molar-refractivity contribution in [3.8, 4) is 0 Å². The van der Waals surface area contributed by atoms with Gasteiger partial charge < -0.3 is 9.64 Å². The first-order valence-corrected chi connectivity index (χ1v) is 9.41. The van der Waals surface area contributed by atoms with Gasteiger partial charge in [0.05, 0.1) is 25.3 Å². The molecule has 1 aliphatic heterocycles. The SMILES string of the molecule is Cc1cc([C@H]2CN(C(=O)Cc3ccc4c(c3)CCC4)CCO2)nc(C)n1. The monoisotopic (exact) mass is 351 g/mol. The van der Waals surface area contributed by atoms with Gasteiger partial charge in [-0.05, 0) is 55.9 Å². The first-order chi connectivity index (χ1) is 12.6. The Morgan fingerprint density at radius 1 is 1.19 bits per heavy atom. The van der Waals surface area contributed by atoms with Gasteiger partial charge in [-0.25, -0.2) is 9.97 Å². The van der Waals surface area contributed by atoms with Gasteiger partial charge in [0.15, 0.2) is 0 Å². The lowest BCUT2D eigenvalue weighted by Crippen LogP contribution is -2.43. The largest absolute Gasteiger partial charge is 0.368 e. The average molecular weight is 351 g/mol. The van der Waals surface area contributed by atoms with Crippen LogP contribution in [0.25, 0.3) is 0 Å². The fraction of sp³-hybridized carbons (Fsp3) is 0.476. The van der Waals surface area contributed by atoms with Crippen LogP contribution < -0.4 is 0 Å². The second kappa shape index (κ2) is 7.16. The lowest BCUT2D eigenvalue weighted by molar-refractivity contribution is -0.138. The van der Waals surface area contributed by atoms with Crippen molar-refractivity contribution < 1.29 is 9.53 Å². The first-order valence-electron chi connectivity index (χ1n) is 9.41. The van der Waals surface area contributed by atoms with Crippen LogP contribution in [0.15, 0.2) is 24.3 Å². The molecule has 1 aliphatic carbocycles. The number of nitrogens with zero attached hydrogens (tertiary/aromatic N) is 3. The number of carbonyl (C=O) groups is 1. The van der Waals surface area contributed by atoms with E-state index >= 15 is 0 Å².